The maximum atomic E-state index is 12.4. The number of nitrogens with one attached hydrogen (secondary N) is 1. The van der Waals surface area contributed by atoms with E-state index in [-0.39, 0.29) is 11.7 Å². The van der Waals surface area contributed by atoms with Gasteiger partial charge in [-0.1, -0.05) is 61.7 Å². The van der Waals surface area contributed by atoms with Crippen LogP contribution in [0.1, 0.15) is 66.8 Å². The molecule has 32 heavy (non-hydrogen) atoms. The molecule has 0 bridgehead atoms. The lowest BCUT2D eigenvalue weighted by Gasteiger charge is -2.33. The molecule has 2 aromatic carbocycles. The summed E-state index contributed by atoms with van der Waals surface area (Å²) in [5.74, 6) is 0.804. The average Bonchev–Trinajstić information content (AvgIpc) is 2.87. The molecule has 168 valence electrons. The van der Waals surface area contributed by atoms with Crippen LogP contribution in [0.4, 0.5) is 5.69 Å². The van der Waals surface area contributed by atoms with E-state index in [1.165, 1.54) is 55.5 Å². The van der Waals surface area contributed by atoms with E-state index in [0.29, 0.717) is 23.9 Å². The first-order valence-corrected chi connectivity index (χ1v) is 12.1. The van der Waals surface area contributed by atoms with Gasteiger partial charge in [-0.2, -0.15) is 0 Å². The Morgan fingerprint density at radius 2 is 1.53 bits per heavy atom. The Morgan fingerprint density at radius 1 is 0.844 bits per heavy atom. The molecule has 0 radical (unpaired) electrons. The van der Waals surface area contributed by atoms with Crippen molar-refractivity contribution in [3.8, 4) is 0 Å². The minimum absolute atomic E-state index is 0.119. The van der Waals surface area contributed by atoms with E-state index in [2.05, 4.69) is 46.6 Å². The van der Waals surface area contributed by atoms with Gasteiger partial charge in [0.2, 0.25) is 5.91 Å². The molecule has 1 aliphatic carbocycles. The maximum Gasteiger partial charge on any atom is 0.244 e. The van der Waals surface area contributed by atoms with Gasteiger partial charge in [0.25, 0.3) is 0 Å². The predicted molar refractivity (Wildman–Crippen MR) is 130 cm³/mol. The number of hydrogen-bond donors (Lipinski definition) is 1. The molecular weight excluding hydrogens is 396 g/mol. The largest absolute Gasteiger partial charge is 0.372 e. The van der Waals surface area contributed by atoms with Gasteiger partial charge in [0, 0.05) is 37.0 Å². The number of anilines is 1. The number of nitrogens with zero attached hydrogens (tertiary/aromatic N) is 1. The first kappa shape index (κ1) is 22.3. The number of para-hydroxylation sites is 1. The van der Waals surface area contributed by atoms with Crippen molar-refractivity contribution in [3.05, 3.63) is 77.9 Å². The summed E-state index contributed by atoms with van der Waals surface area (Å²) >= 11 is 0. The number of carbonyl (C=O) groups is 2. The van der Waals surface area contributed by atoms with Crippen molar-refractivity contribution in [2.24, 2.45) is 5.92 Å². The summed E-state index contributed by atoms with van der Waals surface area (Å²) in [5.41, 5.74) is 3.24. The van der Waals surface area contributed by atoms with Crippen LogP contribution in [0.25, 0.3) is 0 Å². The highest BCUT2D eigenvalue weighted by Gasteiger charge is 2.19. The molecule has 0 aromatic heterocycles. The second kappa shape index (κ2) is 11.1. The molecule has 2 aromatic rings. The minimum Gasteiger partial charge on any atom is -0.372 e. The number of rotatable bonds is 7. The molecule has 4 heteroatoms. The van der Waals surface area contributed by atoms with E-state index in [4.69, 9.17) is 0 Å². The summed E-state index contributed by atoms with van der Waals surface area (Å²) < 4.78 is 0. The highest BCUT2D eigenvalue weighted by Crippen LogP contribution is 2.32. The normalized spacial score (nSPS) is 18.1. The molecule has 0 unspecified atom stereocenters. The summed E-state index contributed by atoms with van der Waals surface area (Å²) in [5, 5.41) is 2.97. The molecule has 1 heterocycles. The van der Waals surface area contributed by atoms with Gasteiger partial charge < -0.3 is 10.2 Å². The van der Waals surface area contributed by atoms with E-state index in [0.717, 1.165) is 25.9 Å². The van der Waals surface area contributed by atoms with Crippen molar-refractivity contribution >= 4 is 17.4 Å². The van der Waals surface area contributed by atoms with E-state index in [9.17, 15) is 9.59 Å². The van der Waals surface area contributed by atoms with Crippen LogP contribution in [-0.2, 0) is 4.79 Å². The van der Waals surface area contributed by atoms with Gasteiger partial charge in [-0.3, -0.25) is 9.59 Å². The molecule has 4 nitrogen and oxygen atoms in total. The second-order valence-corrected chi connectivity index (χ2v) is 9.17. The number of carbonyl (C=O) groups excluding carboxylic acids is 2. The Balaban J connectivity index is 1.19. The average molecular weight is 431 g/mol. The van der Waals surface area contributed by atoms with Crippen LogP contribution in [0, 0.1) is 5.92 Å². The van der Waals surface area contributed by atoms with E-state index in [1.807, 2.05) is 18.2 Å². The van der Waals surface area contributed by atoms with Gasteiger partial charge in [0.15, 0.2) is 5.78 Å². The van der Waals surface area contributed by atoms with Crippen LogP contribution < -0.4 is 10.2 Å². The van der Waals surface area contributed by atoms with Gasteiger partial charge in [0.1, 0.15) is 0 Å². The Morgan fingerprint density at radius 3 is 2.22 bits per heavy atom. The van der Waals surface area contributed by atoms with Gasteiger partial charge >= 0.3 is 0 Å². The summed E-state index contributed by atoms with van der Waals surface area (Å²) in [6.45, 7) is 2.68. The molecule has 2 aliphatic rings. The third-order valence-electron chi connectivity index (χ3n) is 6.96. The molecule has 1 amide bonds. The third kappa shape index (κ3) is 6.09. The SMILES string of the molecule is O=C(/C=C/C(=O)c1ccc(C2CCCCC2)cc1)NCC1CCN(c2ccccc2)CC1. The van der Waals surface area contributed by atoms with Crippen molar-refractivity contribution in [3.63, 3.8) is 0 Å². The van der Waals surface area contributed by atoms with Crippen LogP contribution in [0.5, 0.6) is 0 Å². The van der Waals surface area contributed by atoms with Crippen LogP contribution >= 0.6 is 0 Å². The Kier molecular flexibility index (Phi) is 7.76. The molecule has 4 rings (SSSR count). The topological polar surface area (TPSA) is 49.4 Å². The molecule has 0 spiro atoms. The van der Waals surface area contributed by atoms with Crippen LogP contribution in [0.3, 0.4) is 0 Å². The summed E-state index contributed by atoms with van der Waals surface area (Å²) in [6.07, 6.45) is 11.3. The van der Waals surface area contributed by atoms with Crippen LogP contribution in [0.15, 0.2) is 66.7 Å². The number of allylic oxidation sites excluding steroid dienone is 1. The Bertz CT molecular complexity index is 906. The first-order chi connectivity index (χ1) is 15.7. The monoisotopic (exact) mass is 430 g/mol. The fourth-order valence-corrected chi connectivity index (χ4v) is 4.94. The molecular formula is C28H34N2O2. The highest BCUT2D eigenvalue weighted by molar-refractivity contribution is 6.07. The van der Waals surface area contributed by atoms with Crippen molar-refractivity contribution in [2.45, 2.75) is 50.9 Å². The lowest BCUT2D eigenvalue weighted by Crippen LogP contribution is -2.38. The smallest absolute Gasteiger partial charge is 0.244 e. The fraction of sp³-hybridized carbons (Fsp3) is 0.429. The summed E-state index contributed by atoms with van der Waals surface area (Å²) in [4.78, 5) is 27.0. The highest BCUT2D eigenvalue weighted by atomic mass is 16.1. The van der Waals surface area contributed by atoms with E-state index in [1.54, 1.807) is 0 Å². The molecule has 1 aliphatic heterocycles. The standard InChI is InChI=1S/C28H34N2O2/c31-27(25-13-11-24(12-14-25)23-7-3-1-4-8-23)15-16-28(32)29-21-22-17-19-30(20-18-22)26-9-5-2-6-10-26/h2,5-6,9-16,22-23H,1,3-4,7-8,17-21H2,(H,29,32)/b16-15+. The molecule has 1 saturated carbocycles. The summed E-state index contributed by atoms with van der Waals surface area (Å²) in [6, 6.07) is 18.4. The zero-order chi connectivity index (χ0) is 22.2. The third-order valence-corrected chi connectivity index (χ3v) is 6.96. The van der Waals surface area contributed by atoms with E-state index >= 15 is 0 Å². The number of amides is 1. The Hall–Kier alpha value is -2.88. The molecule has 1 N–H and O–H groups in total. The second-order valence-electron chi connectivity index (χ2n) is 9.17. The predicted octanol–water partition coefficient (Wildman–Crippen LogP) is 5.51. The van der Waals surface area contributed by atoms with Gasteiger partial charge in [-0.25, -0.2) is 0 Å². The molecule has 1 saturated heterocycles. The quantitative estimate of drug-likeness (QED) is 0.466. The first-order valence-electron chi connectivity index (χ1n) is 12.1. The molecule has 0 atom stereocenters. The van der Waals surface area contributed by atoms with Crippen molar-refractivity contribution in [2.75, 3.05) is 24.5 Å². The zero-order valence-electron chi connectivity index (χ0n) is 18.8. The fourth-order valence-electron chi connectivity index (χ4n) is 4.94. The number of ketones is 1. The maximum absolute atomic E-state index is 12.4. The van der Waals surface area contributed by atoms with Gasteiger partial charge in [0.05, 0.1) is 0 Å². The minimum atomic E-state index is -0.192. The number of hydrogen-bond acceptors (Lipinski definition) is 3. The van der Waals surface area contributed by atoms with Crippen LogP contribution in [-0.4, -0.2) is 31.3 Å². The Labute approximate surface area is 191 Å². The number of piperidine rings is 1. The van der Waals surface area contributed by atoms with Crippen molar-refractivity contribution in [1.82, 2.24) is 5.32 Å². The van der Waals surface area contributed by atoms with E-state index < -0.39 is 0 Å². The zero-order valence-corrected chi connectivity index (χ0v) is 18.8. The van der Waals surface area contributed by atoms with Gasteiger partial charge in [-0.05, 0) is 61.3 Å². The van der Waals surface area contributed by atoms with Crippen LogP contribution in [0.2, 0.25) is 0 Å². The number of benzene rings is 2. The van der Waals surface area contributed by atoms with Gasteiger partial charge in [-0.15, -0.1) is 0 Å². The lowest BCUT2D eigenvalue weighted by molar-refractivity contribution is -0.116. The summed E-state index contributed by atoms with van der Waals surface area (Å²) in [7, 11) is 0. The lowest BCUT2D eigenvalue weighted by atomic mass is 9.84. The van der Waals surface area contributed by atoms with Crippen molar-refractivity contribution in [1.29, 1.82) is 0 Å². The van der Waals surface area contributed by atoms with Crippen molar-refractivity contribution < 1.29 is 9.59 Å². The molecule has 2 fully saturated rings.